The molecule has 27 heavy (non-hydrogen) atoms. The van der Waals surface area contributed by atoms with E-state index in [0.717, 1.165) is 29.9 Å². The third-order valence-corrected chi connectivity index (χ3v) is 5.04. The fourth-order valence-electron chi connectivity index (χ4n) is 3.34. The van der Waals surface area contributed by atoms with Crippen LogP contribution in [0.5, 0.6) is 0 Å². The van der Waals surface area contributed by atoms with Gasteiger partial charge < -0.3 is 0 Å². The maximum Gasteiger partial charge on any atom is 0.257 e. The maximum atomic E-state index is 13.7. The van der Waals surface area contributed by atoms with Crippen molar-refractivity contribution in [3.05, 3.63) is 71.0 Å². The quantitative estimate of drug-likeness (QED) is 0.769. The van der Waals surface area contributed by atoms with Crippen LogP contribution >= 0.6 is 0 Å². The fourth-order valence-corrected chi connectivity index (χ4v) is 3.34. The lowest BCUT2D eigenvalue weighted by atomic mass is 9.97. The fraction of sp³-hybridized carbons (Fsp3) is 0.364. The largest absolute Gasteiger partial charge is 0.295 e. The van der Waals surface area contributed by atoms with Gasteiger partial charge in [0.15, 0.2) is 0 Å². The highest BCUT2D eigenvalue weighted by atomic mass is 19.1. The molecule has 1 amide bonds. The molecule has 0 fully saturated rings. The van der Waals surface area contributed by atoms with Crippen LogP contribution in [0.15, 0.2) is 53.6 Å². The monoisotopic (exact) mass is 367 g/mol. The first-order chi connectivity index (χ1) is 13.0. The van der Waals surface area contributed by atoms with Gasteiger partial charge in [0.25, 0.3) is 5.91 Å². The normalized spacial score (nSPS) is 16.7. The summed E-state index contributed by atoms with van der Waals surface area (Å²) < 4.78 is 13.7. The third-order valence-electron chi connectivity index (χ3n) is 5.04. The Morgan fingerprint density at radius 3 is 2.52 bits per heavy atom. The van der Waals surface area contributed by atoms with Crippen molar-refractivity contribution in [2.45, 2.75) is 33.2 Å². The van der Waals surface area contributed by atoms with Crippen molar-refractivity contribution in [1.29, 1.82) is 0 Å². The second kappa shape index (κ2) is 8.44. The average Bonchev–Trinajstić information content (AvgIpc) is 3.12. The Morgan fingerprint density at radius 1 is 1.19 bits per heavy atom. The van der Waals surface area contributed by atoms with Gasteiger partial charge in [-0.15, -0.1) is 0 Å². The zero-order valence-corrected chi connectivity index (χ0v) is 16.2. The van der Waals surface area contributed by atoms with Crippen LogP contribution in [0, 0.1) is 12.7 Å². The van der Waals surface area contributed by atoms with Crippen LogP contribution in [0.4, 0.5) is 4.39 Å². The zero-order valence-electron chi connectivity index (χ0n) is 16.2. The molecule has 142 valence electrons. The van der Waals surface area contributed by atoms with Gasteiger partial charge in [0, 0.05) is 12.0 Å². The Hall–Kier alpha value is -2.53. The SMILES string of the molecule is CCN(CC)CC(=O)N1N=C(c2cccc(F)c2)C[C@@H]1c1ccc(C)cc1. The van der Waals surface area contributed by atoms with E-state index in [4.69, 9.17) is 0 Å². The lowest BCUT2D eigenvalue weighted by Gasteiger charge is -2.25. The van der Waals surface area contributed by atoms with Gasteiger partial charge >= 0.3 is 0 Å². The van der Waals surface area contributed by atoms with E-state index >= 15 is 0 Å². The Morgan fingerprint density at radius 2 is 1.89 bits per heavy atom. The third kappa shape index (κ3) is 4.42. The van der Waals surface area contributed by atoms with E-state index in [1.807, 2.05) is 51.1 Å². The molecule has 5 heteroatoms. The van der Waals surface area contributed by atoms with Crippen molar-refractivity contribution >= 4 is 11.6 Å². The van der Waals surface area contributed by atoms with Crippen molar-refractivity contribution in [1.82, 2.24) is 9.91 Å². The van der Waals surface area contributed by atoms with E-state index in [0.29, 0.717) is 13.0 Å². The molecule has 3 rings (SSSR count). The minimum Gasteiger partial charge on any atom is -0.295 e. The molecule has 0 saturated carbocycles. The molecule has 0 saturated heterocycles. The molecular formula is C22H26FN3O. The molecule has 2 aromatic rings. The second-order valence-electron chi connectivity index (χ2n) is 6.89. The first-order valence-electron chi connectivity index (χ1n) is 9.46. The molecule has 0 N–H and O–H groups in total. The molecule has 0 radical (unpaired) electrons. The molecule has 1 aliphatic heterocycles. The molecular weight excluding hydrogens is 341 g/mol. The number of carbonyl (C=O) groups excluding carboxylic acids is 1. The Kier molecular flexibility index (Phi) is 6.01. The van der Waals surface area contributed by atoms with Gasteiger partial charge in [0.1, 0.15) is 5.82 Å². The maximum absolute atomic E-state index is 13.7. The highest BCUT2D eigenvalue weighted by Gasteiger charge is 2.33. The molecule has 0 aliphatic carbocycles. The summed E-state index contributed by atoms with van der Waals surface area (Å²) in [6, 6.07) is 14.4. The molecule has 1 atom stereocenters. The molecule has 1 heterocycles. The highest BCUT2D eigenvalue weighted by Crippen LogP contribution is 2.33. The topological polar surface area (TPSA) is 35.9 Å². The molecule has 4 nitrogen and oxygen atoms in total. The number of halogens is 1. The van der Waals surface area contributed by atoms with Crippen LogP contribution in [0.25, 0.3) is 0 Å². The van der Waals surface area contributed by atoms with E-state index < -0.39 is 0 Å². The second-order valence-corrected chi connectivity index (χ2v) is 6.89. The molecule has 0 spiro atoms. The van der Waals surface area contributed by atoms with Crippen molar-refractivity contribution in [2.24, 2.45) is 5.10 Å². The summed E-state index contributed by atoms with van der Waals surface area (Å²) in [7, 11) is 0. The number of hydrogen-bond donors (Lipinski definition) is 0. The Balaban J connectivity index is 1.92. The summed E-state index contributed by atoms with van der Waals surface area (Å²) in [4.78, 5) is 15.0. The van der Waals surface area contributed by atoms with Crippen molar-refractivity contribution in [2.75, 3.05) is 19.6 Å². The van der Waals surface area contributed by atoms with Crippen LogP contribution in [-0.2, 0) is 4.79 Å². The summed E-state index contributed by atoms with van der Waals surface area (Å²) >= 11 is 0. The van der Waals surface area contributed by atoms with E-state index in [-0.39, 0.29) is 17.8 Å². The molecule has 0 bridgehead atoms. The van der Waals surface area contributed by atoms with Gasteiger partial charge in [-0.1, -0.05) is 55.8 Å². The van der Waals surface area contributed by atoms with Crippen LogP contribution < -0.4 is 0 Å². The Bertz CT molecular complexity index is 828. The first-order valence-corrected chi connectivity index (χ1v) is 9.46. The lowest BCUT2D eigenvalue weighted by Crippen LogP contribution is -2.38. The van der Waals surface area contributed by atoms with E-state index in [1.165, 1.54) is 17.7 Å². The summed E-state index contributed by atoms with van der Waals surface area (Å²) in [6.07, 6.45) is 0.580. The molecule has 1 aliphatic rings. The van der Waals surface area contributed by atoms with E-state index in [2.05, 4.69) is 10.0 Å². The molecule has 2 aromatic carbocycles. The molecule has 0 aromatic heterocycles. The predicted octanol–water partition coefficient (Wildman–Crippen LogP) is 4.15. The standard InChI is InChI=1S/C22H26FN3O/c1-4-25(5-2)15-22(27)26-21(17-11-9-16(3)10-12-17)14-20(24-26)18-7-6-8-19(23)13-18/h6-13,21H,4-5,14-15H2,1-3H3/t21-/m1/s1. The van der Waals surface area contributed by atoms with E-state index in [9.17, 15) is 9.18 Å². The summed E-state index contributed by atoms with van der Waals surface area (Å²) in [6.45, 7) is 8.07. The van der Waals surface area contributed by atoms with Gasteiger partial charge in [-0.3, -0.25) is 9.69 Å². The number of hydrogen-bond acceptors (Lipinski definition) is 3. The van der Waals surface area contributed by atoms with Gasteiger partial charge in [-0.2, -0.15) is 5.10 Å². The zero-order chi connectivity index (χ0) is 19.4. The number of aryl methyl sites for hydroxylation is 1. The van der Waals surface area contributed by atoms with Crippen LogP contribution in [-0.4, -0.2) is 41.2 Å². The summed E-state index contributed by atoms with van der Waals surface area (Å²) in [5, 5.41) is 6.19. The minimum atomic E-state index is -0.296. The molecule has 0 unspecified atom stereocenters. The van der Waals surface area contributed by atoms with Gasteiger partial charge in [-0.05, 0) is 37.7 Å². The number of rotatable bonds is 6. The number of hydrazone groups is 1. The lowest BCUT2D eigenvalue weighted by molar-refractivity contribution is -0.134. The number of benzene rings is 2. The highest BCUT2D eigenvalue weighted by molar-refractivity contribution is 6.03. The van der Waals surface area contributed by atoms with Crippen molar-refractivity contribution < 1.29 is 9.18 Å². The number of likely N-dealkylation sites (N-methyl/N-ethyl adjacent to an activating group) is 1. The van der Waals surface area contributed by atoms with E-state index in [1.54, 1.807) is 11.1 Å². The summed E-state index contributed by atoms with van der Waals surface area (Å²) in [5.74, 6) is -0.328. The number of nitrogens with zero attached hydrogens (tertiary/aromatic N) is 3. The van der Waals surface area contributed by atoms with Gasteiger partial charge in [0.05, 0.1) is 18.3 Å². The van der Waals surface area contributed by atoms with Crippen LogP contribution in [0.1, 0.15) is 43.0 Å². The number of carbonyl (C=O) groups is 1. The van der Waals surface area contributed by atoms with Crippen LogP contribution in [0.2, 0.25) is 0 Å². The average molecular weight is 367 g/mol. The summed E-state index contributed by atoms with van der Waals surface area (Å²) in [5.41, 5.74) is 3.69. The Labute approximate surface area is 160 Å². The van der Waals surface area contributed by atoms with Crippen LogP contribution in [0.3, 0.4) is 0 Å². The number of amides is 1. The van der Waals surface area contributed by atoms with Gasteiger partial charge in [0.2, 0.25) is 0 Å². The van der Waals surface area contributed by atoms with Crippen molar-refractivity contribution in [3.63, 3.8) is 0 Å². The predicted molar refractivity (Wildman–Crippen MR) is 106 cm³/mol. The first kappa shape index (κ1) is 19.2. The van der Waals surface area contributed by atoms with Crippen molar-refractivity contribution in [3.8, 4) is 0 Å². The minimum absolute atomic E-state index is 0.0318. The van der Waals surface area contributed by atoms with Gasteiger partial charge in [-0.25, -0.2) is 9.40 Å². The smallest absolute Gasteiger partial charge is 0.257 e.